The zero-order valence-corrected chi connectivity index (χ0v) is 8.36. The Morgan fingerprint density at radius 2 is 1.86 bits per heavy atom. The molecule has 0 aliphatic rings. The van der Waals surface area contributed by atoms with Gasteiger partial charge in [0, 0.05) is 24.3 Å². The van der Waals surface area contributed by atoms with Gasteiger partial charge in [-0.2, -0.15) is 5.10 Å². The summed E-state index contributed by atoms with van der Waals surface area (Å²) in [4.78, 5) is 3.77. The highest BCUT2D eigenvalue weighted by molar-refractivity contribution is 5.33. The van der Waals surface area contributed by atoms with Crippen molar-refractivity contribution >= 4 is 5.69 Å². The van der Waals surface area contributed by atoms with Crippen LogP contribution in [0, 0.1) is 13.8 Å². The SMILES string of the molecule is Cc1c[nH]nc1C.Nc1ccncc1. The van der Waals surface area contributed by atoms with Crippen LogP contribution in [0.5, 0.6) is 0 Å². The molecule has 0 amide bonds. The minimum absolute atomic E-state index is 0.759. The van der Waals surface area contributed by atoms with E-state index in [9.17, 15) is 0 Å². The number of pyridine rings is 1. The number of hydrogen-bond donors (Lipinski definition) is 2. The molecule has 4 nitrogen and oxygen atoms in total. The molecule has 2 aromatic rings. The predicted octanol–water partition coefficient (Wildman–Crippen LogP) is 1.69. The topological polar surface area (TPSA) is 67.6 Å². The van der Waals surface area contributed by atoms with Gasteiger partial charge in [0.25, 0.3) is 0 Å². The molecule has 0 aliphatic carbocycles. The quantitative estimate of drug-likeness (QED) is 0.664. The first-order valence-corrected chi connectivity index (χ1v) is 4.32. The van der Waals surface area contributed by atoms with E-state index in [0.29, 0.717) is 0 Å². The van der Waals surface area contributed by atoms with Gasteiger partial charge >= 0.3 is 0 Å². The molecule has 0 aliphatic heterocycles. The fraction of sp³-hybridized carbons (Fsp3) is 0.200. The van der Waals surface area contributed by atoms with E-state index in [1.165, 1.54) is 5.56 Å². The number of nitrogens with two attached hydrogens (primary N) is 1. The van der Waals surface area contributed by atoms with Crippen LogP contribution >= 0.6 is 0 Å². The maximum Gasteiger partial charge on any atom is 0.0620 e. The van der Waals surface area contributed by atoms with Gasteiger partial charge in [0.1, 0.15) is 0 Å². The van der Waals surface area contributed by atoms with Gasteiger partial charge in [-0.05, 0) is 31.5 Å². The highest BCUT2D eigenvalue weighted by Crippen LogP contribution is 1.96. The lowest BCUT2D eigenvalue weighted by molar-refractivity contribution is 1.04. The minimum atomic E-state index is 0.759. The van der Waals surface area contributed by atoms with Crippen LogP contribution in [0.1, 0.15) is 11.3 Å². The van der Waals surface area contributed by atoms with E-state index in [0.717, 1.165) is 11.4 Å². The van der Waals surface area contributed by atoms with Gasteiger partial charge in [-0.1, -0.05) is 0 Å². The van der Waals surface area contributed by atoms with Crippen LogP contribution in [-0.4, -0.2) is 15.2 Å². The summed E-state index contributed by atoms with van der Waals surface area (Å²) in [7, 11) is 0. The average molecular weight is 190 g/mol. The summed E-state index contributed by atoms with van der Waals surface area (Å²) in [6.07, 6.45) is 5.21. The Hall–Kier alpha value is -1.84. The maximum absolute atomic E-state index is 5.32. The summed E-state index contributed by atoms with van der Waals surface area (Å²) in [5.41, 5.74) is 8.38. The number of hydrogen-bond acceptors (Lipinski definition) is 3. The van der Waals surface area contributed by atoms with Crippen molar-refractivity contribution < 1.29 is 0 Å². The van der Waals surface area contributed by atoms with Gasteiger partial charge < -0.3 is 5.73 Å². The molecule has 0 bridgehead atoms. The second kappa shape index (κ2) is 5.01. The third kappa shape index (κ3) is 3.26. The molecule has 2 heterocycles. The van der Waals surface area contributed by atoms with Crippen molar-refractivity contribution in [3.05, 3.63) is 42.0 Å². The van der Waals surface area contributed by atoms with Gasteiger partial charge in [0.2, 0.25) is 0 Å². The van der Waals surface area contributed by atoms with Crippen molar-refractivity contribution in [2.24, 2.45) is 0 Å². The Labute approximate surface area is 83.2 Å². The van der Waals surface area contributed by atoms with Crippen molar-refractivity contribution in [3.8, 4) is 0 Å². The fourth-order valence-electron chi connectivity index (χ4n) is 0.782. The molecule has 0 saturated carbocycles. The standard InChI is InChI=1S/C5H8N2.C5H6N2/c1-4-3-6-7-5(4)2;6-5-1-3-7-4-2-5/h3H,1-2H3,(H,6,7);1-4H,(H2,6,7). The van der Waals surface area contributed by atoms with Crippen LogP contribution in [0.3, 0.4) is 0 Å². The molecule has 0 fully saturated rings. The zero-order chi connectivity index (χ0) is 10.4. The Balaban J connectivity index is 0.000000140. The first-order valence-electron chi connectivity index (χ1n) is 4.32. The average Bonchev–Trinajstić information content (AvgIpc) is 2.53. The first-order chi connectivity index (χ1) is 6.70. The number of nitrogens with one attached hydrogen (secondary N) is 1. The van der Waals surface area contributed by atoms with Gasteiger partial charge in [-0.15, -0.1) is 0 Å². The lowest BCUT2D eigenvalue weighted by Gasteiger charge is -1.83. The lowest BCUT2D eigenvalue weighted by atomic mass is 10.3. The van der Waals surface area contributed by atoms with Crippen molar-refractivity contribution in [1.82, 2.24) is 15.2 Å². The van der Waals surface area contributed by atoms with Crippen molar-refractivity contribution in [2.45, 2.75) is 13.8 Å². The Morgan fingerprint density at radius 1 is 1.21 bits per heavy atom. The van der Waals surface area contributed by atoms with Gasteiger partial charge in [-0.3, -0.25) is 10.1 Å². The normalized spacial score (nSPS) is 9.00. The van der Waals surface area contributed by atoms with Crippen molar-refractivity contribution in [1.29, 1.82) is 0 Å². The van der Waals surface area contributed by atoms with E-state index >= 15 is 0 Å². The molecule has 2 aromatic heterocycles. The molecule has 0 unspecified atom stereocenters. The van der Waals surface area contributed by atoms with E-state index in [-0.39, 0.29) is 0 Å². The van der Waals surface area contributed by atoms with Gasteiger partial charge in [-0.25, -0.2) is 0 Å². The predicted molar refractivity (Wildman–Crippen MR) is 56.7 cm³/mol. The minimum Gasteiger partial charge on any atom is -0.399 e. The molecule has 2 rings (SSSR count). The summed E-state index contributed by atoms with van der Waals surface area (Å²) in [6, 6.07) is 3.50. The summed E-state index contributed by atoms with van der Waals surface area (Å²) in [6.45, 7) is 4.00. The number of nitrogens with zero attached hydrogens (tertiary/aromatic N) is 2. The molecular formula is C10H14N4. The first kappa shape index (κ1) is 10.2. The molecule has 0 radical (unpaired) electrons. The monoisotopic (exact) mass is 190 g/mol. The molecule has 0 atom stereocenters. The molecule has 14 heavy (non-hydrogen) atoms. The highest BCUT2D eigenvalue weighted by atomic mass is 15.1. The number of aromatic nitrogens is 3. The van der Waals surface area contributed by atoms with E-state index in [1.807, 2.05) is 20.0 Å². The lowest BCUT2D eigenvalue weighted by Crippen LogP contribution is -1.81. The molecule has 3 N–H and O–H groups in total. The maximum atomic E-state index is 5.32. The van der Waals surface area contributed by atoms with Crippen LogP contribution < -0.4 is 5.73 Å². The zero-order valence-electron chi connectivity index (χ0n) is 8.36. The number of anilines is 1. The number of nitrogen functional groups attached to an aromatic ring is 1. The van der Waals surface area contributed by atoms with Crippen molar-refractivity contribution in [3.63, 3.8) is 0 Å². The fourth-order valence-corrected chi connectivity index (χ4v) is 0.782. The largest absolute Gasteiger partial charge is 0.399 e. The molecule has 74 valence electrons. The molecule has 0 aromatic carbocycles. The van der Waals surface area contributed by atoms with E-state index in [2.05, 4.69) is 15.2 Å². The third-order valence-electron chi connectivity index (χ3n) is 1.79. The Kier molecular flexibility index (Phi) is 3.67. The van der Waals surface area contributed by atoms with Crippen LogP contribution in [-0.2, 0) is 0 Å². The Bertz CT molecular complexity index is 350. The van der Waals surface area contributed by atoms with Crippen LogP contribution in [0.2, 0.25) is 0 Å². The Morgan fingerprint density at radius 3 is 2.07 bits per heavy atom. The second-order valence-electron chi connectivity index (χ2n) is 2.93. The van der Waals surface area contributed by atoms with Crippen LogP contribution in [0.15, 0.2) is 30.7 Å². The third-order valence-corrected chi connectivity index (χ3v) is 1.79. The summed E-state index contributed by atoms with van der Waals surface area (Å²) < 4.78 is 0. The number of aryl methyl sites for hydroxylation is 2. The second-order valence-corrected chi connectivity index (χ2v) is 2.93. The summed E-state index contributed by atoms with van der Waals surface area (Å²) in [5, 5.41) is 6.64. The van der Waals surface area contributed by atoms with E-state index < -0.39 is 0 Å². The summed E-state index contributed by atoms with van der Waals surface area (Å²) in [5.74, 6) is 0. The van der Waals surface area contributed by atoms with Gasteiger partial charge in [0.15, 0.2) is 0 Å². The molecular weight excluding hydrogens is 176 g/mol. The molecule has 0 saturated heterocycles. The van der Waals surface area contributed by atoms with Gasteiger partial charge in [0.05, 0.1) is 5.69 Å². The molecule has 4 heteroatoms. The van der Waals surface area contributed by atoms with E-state index in [4.69, 9.17) is 5.73 Å². The summed E-state index contributed by atoms with van der Waals surface area (Å²) >= 11 is 0. The highest BCUT2D eigenvalue weighted by Gasteiger charge is 1.88. The smallest absolute Gasteiger partial charge is 0.0620 e. The number of H-pyrrole nitrogens is 1. The number of rotatable bonds is 0. The van der Waals surface area contributed by atoms with E-state index in [1.54, 1.807) is 24.5 Å². The van der Waals surface area contributed by atoms with Crippen molar-refractivity contribution in [2.75, 3.05) is 5.73 Å². The van der Waals surface area contributed by atoms with Crippen LogP contribution in [0.25, 0.3) is 0 Å². The number of aromatic amines is 1. The van der Waals surface area contributed by atoms with Crippen LogP contribution in [0.4, 0.5) is 5.69 Å². The molecule has 0 spiro atoms.